The number of nitrogens with zero attached hydrogens (tertiary/aromatic N) is 2. The van der Waals surface area contributed by atoms with E-state index in [2.05, 4.69) is 23.0 Å². The highest BCUT2D eigenvalue weighted by Gasteiger charge is 2.28. The second kappa shape index (κ2) is 5.12. The molecule has 1 aliphatic carbocycles. The van der Waals surface area contributed by atoms with E-state index in [9.17, 15) is 0 Å². The van der Waals surface area contributed by atoms with Crippen molar-refractivity contribution in [2.75, 3.05) is 5.73 Å². The number of nitrogen functional groups attached to an aromatic ring is 1. The van der Waals surface area contributed by atoms with Crippen molar-refractivity contribution in [1.82, 2.24) is 9.97 Å². The zero-order valence-electron chi connectivity index (χ0n) is 11.9. The first-order valence-corrected chi connectivity index (χ1v) is 7.08. The lowest BCUT2D eigenvalue weighted by atomic mass is 10.2. The van der Waals surface area contributed by atoms with Gasteiger partial charge in [-0.15, -0.1) is 0 Å². The normalized spacial score (nSPS) is 14.3. The molecule has 0 unspecified atom stereocenters. The molecule has 0 saturated heterocycles. The standard InChI is InChI=1S/C16H19N3O/c1-3-11-5-4-6-13(9-11)20-16-10(2)14(17)18-15(19-16)12-7-8-12/h4-6,9,12H,3,7-8H2,1-2H3,(H2,17,18,19). The highest BCUT2D eigenvalue weighted by atomic mass is 16.5. The summed E-state index contributed by atoms with van der Waals surface area (Å²) >= 11 is 0. The number of hydrogen-bond donors (Lipinski definition) is 1. The lowest BCUT2D eigenvalue weighted by molar-refractivity contribution is 0.454. The van der Waals surface area contributed by atoms with Crippen LogP contribution < -0.4 is 10.5 Å². The minimum absolute atomic E-state index is 0.460. The molecular formula is C16H19N3O. The van der Waals surface area contributed by atoms with Crippen LogP contribution in [-0.2, 0) is 6.42 Å². The van der Waals surface area contributed by atoms with Gasteiger partial charge in [0, 0.05) is 5.92 Å². The molecule has 2 aromatic rings. The molecule has 1 aliphatic rings. The molecule has 1 aromatic carbocycles. The number of ether oxygens (including phenoxy) is 1. The van der Waals surface area contributed by atoms with Crippen molar-refractivity contribution >= 4 is 5.82 Å². The third-order valence-corrected chi connectivity index (χ3v) is 3.62. The minimum Gasteiger partial charge on any atom is -0.439 e. The summed E-state index contributed by atoms with van der Waals surface area (Å²) in [5.74, 6) is 3.17. The first-order chi connectivity index (χ1) is 9.67. The largest absolute Gasteiger partial charge is 0.439 e. The van der Waals surface area contributed by atoms with Crippen LogP contribution in [0.2, 0.25) is 0 Å². The third kappa shape index (κ3) is 2.59. The van der Waals surface area contributed by atoms with Crippen LogP contribution in [-0.4, -0.2) is 9.97 Å². The van der Waals surface area contributed by atoms with Gasteiger partial charge in [0.1, 0.15) is 17.4 Å². The summed E-state index contributed by atoms with van der Waals surface area (Å²) in [6, 6.07) is 8.06. The quantitative estimate of drug-likeness (QED) is 0.921. The number of aryl methyl sites for hydroxylation is 1. The Morgan fingerprint density at radius 1 is 1.30 bits per heavy atom. The number of anilines is 1. The molecule has 4 nitrogen and oxygen atoms in total. The Hall–Kier alpha value is -2.10. The van der Waals surface area contributed by atoms with Crippen LogP contribution in [0.25, 0.3) is 0 Å². The van der Waals surface area contributed by atoms with E-state index in [-0.39, 0.29) is 0 Å². The summed E-state index contributed by atoms with van der Waals surface area (Å²) in [5, 5.41) is 0. The highest BCUT2D eigenvalue weighted by Crippen LogP contribution is 2.40. The van der Waals surface area contributed by atoms with Crippen molar-refractivity contribution in [2.24, 2.45) is 0 Å². The van der Waals surface area contributed by atoms with Gasteiger partial charge in [-0.2, -0.15) is 4.98 Å². The molecule has 3 rings (SSSR count). The maximum atomic E-state index is 5.97. The summed E-state index contributed by atoms with van der Waals surface area (Å²) in [5.41, 5.74) is 8.01. The molecule has 20 heavy (non-hydrogen) atoms. The Labute approximate surface area is 119 Å². The molecule has 1 saturated carbocycles. The fourth-order valence-electron chi connectivity index (χ4n) is 2.09. The summed E-state index contributed by atoms with van der Waals surface area (Å²) in [7, 11) is 0. The van der Waals surface area contributed by atoms with Gasteiger partial charge >= 0.3 is 0 Å². The van der Waals surface area contributed by atoms with Crippen molar-refractivity contribution in [2.45, 2.75) is 39.0 Å². The van der Waals surface area contributed by atoms with Gasteiger partial charge in [0.15, 0.2) is 0 Å². The Kier molecular flexibility index (Phi) is 3.30. The third-order valence-electron chi connectivity index (χ3n) is 3.62. The molecule has 0 bridgehead atoms. The van der Waals surface area contributed by atoms with Crippen LogP contribution >= 0.6 is 0 Å². The van der Waals surface area contributed by atoms with Gasteiger partial charge in [0.25, 0.3) is 0 Å². The van der Waals surface area contributed by atoms with E-state index in [1.807, 2.05) is 25.1 Å². The summed E-state index contributed by atoms with van der Waals surface area (Å²) < 4.78 is 5.92. The average Bonchev–Trinajstić information content (AvgIpc) is 3.28. The zero-order valence-corrected chi connectivity index (χ0v) is 11.9. The van der Waals surface area contributed by atoms with Gasteiger partial charge in [0.2, 0.25) is 5.88 Å². The molecule has 0 amide bonds. The van der Waals surface area contributed by atoms with Gasteiger partial charge in [-0.25, -0.2) is 4.98 Å². The summed E-state index contributed by atoms with van der Waals surface area (Å²) in [4.78, 5) is 8.89. The van der Waals surface area contributed by atoms with Crippen molar-refractivity contribution in [1.29, 1.82) is 0 Å². The maximum Gasteiger partial charge on any atom is 0.227 e. The van der Waals surface area contributed by atoms with Gasteiger partial charge < -0.3 is 10.5 Å². The van der Waals surface area contributed by atoms with E-state index >= 15 is 0 Å². The monoisotopic (exact) mass is 269 g/mol. The van der Waals surface area contributed by atoms with E-state index in [1.54, 1.807) is 0 Å². The maximum absolute atomic E-state index is 5.97. The fraction of sp³-hybridized carbons (Fsp3) is 0.375. The number of nitrogens with two attached hydrogens (primary N) is 1. The van der Waals surface area contributed by atoms with Crippen molar-refractivity contribution in [3.05, 3.63) is 41.2 Å². The van der Waals surface area contributed by atoms with Crippen LogP contribution in [0, 0.1) is 6.92 Å². The number of hydrogen-bond acceptors (Lipinski definition) is 4. The van der Waals surface area contributed by atoms with Crippen molar-refractivity contribution < 1.29 is 4.74 Å². The van der Waals surface area contributed by atoms with E-state index in [1.165, 1.54) is 5.56 Å². The first-order valence-electron chi connectivity index (χ1n) is 7.08. The molecule has 1 aromatic heterocycles. The number of aromatic nitrogens is 2. The Balaban J connectivity index is 1.92. The predicted molar refractivity (Wildman–Crippen MR) is 79.1 cm³/mol. The van der Waals surface area contributed by atoms with Gasteiger partial charge in [-0.05, 0) is 43.9 Å². The second-order valence-electron chi connectivity index (χ2n) is 5.27. The second-order valence-corrected chi connectivity index (χ2v) is 5.27. The molecule has 2 N–H and O–H groups in total. The lowest BCUT2D eigenvalue weighted by Crippen LogP contribution is -2.04. The SMILES string of the molecule is CCc1cccc(Oc2nc(C3CC3)nc(N)c2C)c1. The van der Waals surface area contributed by atoms with Crippen molar-refractivity contribution in [3.8, 4) is 11.6 Å². The van der Waals surface area contributed by atoms with Gasteiger partial charge in [0.05, 0.1) is 5.56 Å². The molecule has 1 fully saturated rings. The predicted octanol–water partition coefficient (Wildman–Crippen LogP) is 3.60. The fourth-order valence-corrected chi connectivity index (χ4v) is 2.09. The topological polar surface area (TPSA) is 61.0 Å². The Morgan fingerprint density at radius 3 is 2.80 bits per heavy atom. The molecule has 104 valence electrons. The highest BCUT2D eigenvalue weighted by molar-refractivity contribution is 5.46. The molecule has 4 heteroatoms. The minimum atomic E-state index is 0.460. The number of rotatable bonds is 4. The molecule has 0 aliphatic heterocycles. The number of benzene rings is 1. The van der Waals surface area contributed by atoms with Crippen molar-refractivity contribution in [3.63, 3.8) is 0 Å². The van der Waals surface area contributed by atoms with E-state index in [4.69, 9.17) is 10.5 Å². The first kappa shape index (κ1) is 12.9. The lowest BCUT2D eigenvalue weighted by Gasteiger charge is -2.11. The Bertz CT molecular complexity index is 636. The molecule has 0 radical (unpaired) electrons. The molecule has 1 heterocycles. The van der Waals surface area contributed by atoms with E-state index in [0.29, 0.717) is 17.6 Å². The van der Waals surface area contributed by atoms with E-state index < -0.39 is 0 Å². The smallest absolute Gasteiger partial charge is 0.227 e. The van der Waals surface area contributed by atoms with Crippen LogP contribution in [0.15, 0.2) is 24.3 Å². The molecular weight excluding hydrogens is 250 g/mol. The molecule has 0 spiro atoms. The van der Waals surface area contributed by atoms with Crippen LogP contribution in [0.4, 0.5) is 5.82 Å². The van der Waals surface area contributed by atoms with Crippen LogP contribution in [0.1, 0.15) is 42.6 Å². The summed E-state index contributed by atoms with van der Waals surface area (Å²) in [6.45, 7) is 4.02. The Morgan fingerprint density at radius 2 is 2.10 bits per heavy atom. The molecule has 0 atom stereocenters. The van der Waals surface area contributed by atoms with E-state index in [0.717, 1.165) is 36.4 Å². The van der Waals surface area contributed by atoms with Gasteiger partial charge in [-0.1, -0.05) is 19.1 Å². The summed E-state index contributed by atoms with van der Waals surface area (Å²) in [6.07, 6.45) is 3.27. The zero-order chi connectivity index (χ0) is 14.1. The van der Waals surface area contributed by atoms with Gasteiger partial charge in [-0.3, -0.25) is 0 Å². The average molecular weight is 269 g/mol. The van der Waals surface area contributed by atoms with Crippen LogP contribution in [0.5, 0.6) is 11.6 Å². The van der Waals surface area contributed by atoms with Crippen LogP contribution in [0.3, 0.4) is 0 Å².